The van der Waals surface area contributed by atoms with E-state index in [2.05, 4.69) is 27.8 Å². The summed E-state index contributed by atoms with van der Waals surface area (Å²) < 4.78 is 2.21. The summed E-state index contributed by atoms with van der Waals surface area (Å²) in [5.41, 5.74) is 1.67. The van der Waals surface area contributed by atoms with Crippen molar-refractivity contribution in [3.8, 4) is 0 Å². The van der Waals surface area contributed by atoms with E-state index in [0.717, 1.165) is 42.9 Å². The van der Waals surface area contributed by atoms with Gasteiger partial charge in [0, 0.05) is 25.0 Å². The molecule has 1 aromatic heterocycles. The van der Waals surface area contributed by atoms with Crippen LogP contribution in [0, 0.1) is 11.3 Å². The summed E-state index contributed by atoms with van der Waals surface area (Å²) in [6.45, 7) is 10.2. The number of hydrogen-bond acceptors (Lipinski definition) is 4. The van der Waals surface area contributed by atoms with Gasteiger partial charge in [0.05, 0.1) is 23.5 Å². The number of aromatic nitrogens is 2. The zero-order chi connectivity index (χ0) is 19.6. The standard InChI is InChI=1S/C21H30N4O2/c1-5-25-17-11-7-6-10-16(17)23-20(25)24-12-8-9-15(14-24)19(27)22-13-18(26)21(2,3)4/h6-7,10-11,15H,5,8-9,12-14H2,1-4H3,(H,22,27)/t15-/m0/s1. The van der Waals surface area contributed by atoms with E-state index in [4.69, 9.17) is 4.98 Å². The SMILES string of the molecule is CCn1c(N2CCC[C@H](C(=O)NCC(=O)C(C)(C)C)C2)nc2ccccc21. The summed E-state index contributed by atoms with van der Waals surface area (Å²) in [7, 11) is 0. The van der Waals surface area contributed by atoms with Gasteiger partial charge >= 0.3 is 0 Å². The molecule has 0 aliphatic carbocycles. The van der Waals surface area contributed by atoms with Gasteiger partial charge < -0.3 is 14.8 Å². The Morgan fingerprint density at radius 2 is 2.00 bits per heavy atom. The molecule has 1 atom stereocenters. The highest BCUT2D eigenvalue weighted by Gasteiger charge is 2.29. The highest BCUT2D eigenvalue weighted by molar-refractivity contribution is 5.90. The van der Waals surface area contributed by atoms with Gasteiger partial charge in [-0.2, -0.15) is 0 Å². The lowest BCUT2D eigenvalue weighted by atomic mass is 9.90. The van der Waals surface area contributed by atoms with Gasteiger partial charge in [-0.25, -0.2) is 4.98 Å². The highest BCUT2D eigenvalue weighted by Crippen LogP contribution is 2.27. The zero-order valence-electron chi connectivity index (χ0n) is 16.8. The van der Waals surface area contributed by atoms with Crippen LogP contribution in [0.4, 0.5) is 5.95 Å². The molecule has 27 heavy (non-hydrogen) atoms. The molecule has 0 saturated carbocycles. The lowest BCUT2D eigenvalue weighted by Crippen LogP contribution is -2.46. The molecular formula is C21H30N4O2. The maximum Gasteiger partial charge on any atom is 0.225 e. The number of nitrogens with zero attached hydrogens (tertiary/aromatic N) is 3. The summed E-state index contributed by atoms with van der Waals surface area (Å²) in [6, 6.07) is 8.13. The largest absolute Gasteiger partial charge is 0.349 e. The molecule has 2 heterocycles. The van der Waals surface area contributed by atoms with Crippen LogP contribution in [-0.2, 0) is 16.1 Å². The molecule has 6 nitrogen and oxygen atoms in total. The number of para-hydroxylation sites is 2. The Bertz CT molecular complexity index is 834. The molecule has 1 amide bonds. The number of benzene rings is 1. The fourth-order valence-electron chi connectivity index (χ4n) is 3.57. The Kier molecular flexibility index (Phi) is 5.53. The van der Waals surface area contributed by atoms with Crippen LogP contribution in [0.25, 0.3) is 11.0 Å². The minimum absolute atomic E-state index is 0.0311. The first-order chi connectivity index (χ1) is 12.8. The van der Waals surface area contributed by atoms with Crippen molar-refractivity contribution in [1.29, 1.82) is 0 Å². The smallest absolute Gasteiger partial charge is 0.225 e. The first kappa shape index (κ1) is 19.4. The van der Waals surface area contributed by atoms with Crippen molar-refractivity contribution in [2.24, 2.45) is 11.3 Å². The molecule has 1 aromatic carbocycles. The first-order valence-corrected chi connectivity index (χ1v) is 9.82. The van der Waals surface area contributed by atoms with Crippen LogP contribution in [-0.4, -0.2) is 40.9 Å². The van der Waals surface area contributed by atoms with Crippen molar-refractivity contribution in [3.05, 3.63) is 24.3 Å². The van der Waals surface area contributed by atoms with E-state index < -0.39 is 5.41 Å². The van der Waals surface area contributed by atoms with Gasteiger partial charge in [0.25, 0.3) is 0 Å². The molecule has 6 heteroatoms. The fraction of sp³-hybridized carbons (Fsp3) is 0.571. The first-order valence-electron chi connectivity index (χ1n) is 9.82. The van der Waals surface area contributed by atoms with Crippen molar-refractivity contribution in [2.75, 3.05) is 24.5 Å². The van der Waals surface area contributed by atoms with Gasteiger partial charge in [0.15, 0.2) is 5.78 Å². The number of piperidine rings is 1. The van der Waals surface area contributed by atoms with Gasteiger partial charge in [0.1, 0.15) is 0 Å². The van der Waals surface area contributed by atoms with E-state index in [1.807, 2.05) is 39.0 Å². The molecule has 0 spiro atoms. The van der Waals surface area contributed by atoms with Gasteiger partial charge in [0.2, 0.25) is 11.9 Å². The highest BCUT2D eigenvalue weighted by atomic mass is 16.2. The van der Waals surface area contributed by atoms with Crippen molar-refractivity contribution in [2.45, 2.75) is 47.1 Å². The van der Waals surface area contributed by atoms with Gasteiger partial charge in [-0.15, -0.1) is 0 Å². The monoisotopic (exact) mass is 370 g/mol. The van der Waals surface area contributed by atoms with Crippen LogP contribution < -0.4 is 10.2 Å². The Labute approximate surface area is 160 Å². The summed E-state index contributed by atoms with van der Waals surface area (Å²) in [4.78, 5) is 31.7. The molecule has 2 aromatic rings. The van der Waals surface area contributed by atoms with E-state index >= 15 is 0 Å². The minimum Gasteiger partial charge on any atom is -0.349 e. The zero-order valence-corrected chi connectivity index (χ0v) is 16.8. The normalized spacial score (nSPS) is 17.9. The summed E-state index contributed by atoms with van der Waals surface area (Å²) in [5.74, 6) is 0.839. The second-order valence-electron chi connectivity index (χ2n) is 8.32. The quantitative estimate of drug-likeness (QED) is 0.879. The molecule has 1 fully saturated rings. The number of Topliss-reactive ketones (excluding diaryl/α,β-unsaturated/α-hetero) is 1. The number of aryl methyl sites for hydroxylation is 1. The molecule has 0 unspecified atom stereocenters. The van der Waals surface area contributed by atoms with Crippen LogP contribution in [0.1, 0.15) is 40.5 Å². The average Bonchev–Trinajstić information content (AvgIpc) is 3.03. The number of imidazole rings is 1. The van der Waals surface area contributed by atoms with Crippen molar-refractivity contribution >= 4 is 28.7 Å². The molecule has 0 bridgehead atoms. The Morgan fingerprint density at radius 1 is 1.26 bits per heavy atom. The number of rotatable bonds is 5. The van der Waals surface area contributed by atoms with Crippen LogP contribution in [0.15, 0.2) is 24.3 Å². The maximum absolute atomic E-state index is 12.6. The summed E-state index contributed by atoms with van der Waals surface area (Å²) in [5, 5.41) is 2.84. The molecular weight excluding hydrogens is 340 g/mol. The van der Waals surface area contributed by atoms with E-state index in [0.29, 0.717) is 6.54 Å². The van der Waals surface area contributed by atoms with Crippen molar-refractivity contribution < 1.29 is 9.59 Å². The second kappa shape index (κ2) is 7.71. The molecule has 3 rings (SSSR count). The Hall–Kier alpha value is -2.37. The maximum atomic E-state index is 12.6. The predicted octanol–water partition coefficient (Wildman–Crippen LogP) is 3.00. The number of amides is 1. The molecule has 1 saturated heterocycles. The molecule has 146 valence electrons. The number of carbonyl (C=O) groups is 2. The third-order valence-corrected chi connectivity index (χ3v) is 5.29. The summed E-state index contributed by atoms with van der Waals surface area (Å²) in [6.07, 6.45) is 1.79. The van der Waals surface area contributed by atoms with Gasteiger partial charge in [-0.1, -0.05) is 32.9 Å². The Morgan fingerprint density at radius 3 is 2.70 bits per heavy atom. The number of carbonyl (C=O) groups excluding carboxylic acids is 2. The van der Waals surface area contributed by atoms with E-state index in [1.165, 1.54) is 0 Å². The molecule has 1 aliphatic heterocycles. The lowest BCUT2D eigenvalue weighted by Gasteiger charge is -2.33. The van der Waals surface area contributed by atoms with Gasteiger partial charge in [-0.05, 0) is 31.9 Å². The molecule has 1 N–H and O–H groups in total. The average molecular weight is 370 g/mol. The van der Waals surface area contributed by atoms with Crippen LogP contribution in [0.2, 0.25) is 0 Å². The molecule has 1 aliphatic rings. The van der Waals surface area contributed by atoms with Crippen LogP contribution in [0.5, 0.6) is 0 Å². The number of nitrogens with one attached hydrogen (secondary N) is 1. The van der Waals surface area contributed by atoms with E-state index in [1.54, 1.807) is 0 Å². The van der Waals surface area contributed by atoms with Crippen molar-refractivity contribution in [1.82, 2.24) is 14.9 Å². The minimum atomic E-state index is -0.433. The Balaban J connectivity index is 1.71. The predicted molar refractivity (Wildman–Crippen MR) is 108 cm³/mol. The van der Waals surface area contributed by atoms with Gasteiger partial charge in [-0.3, -0.25) is 9.59 Å². The van der Waals surface area contributed by atoms with Crippen LogP contribution >= 0.6 is 0 Å². The number of anilines is 1. The number of ketones is 1. The van der Waals surface area contributed by atoms with E-state index in [-0.39, 0.29) is 24.2 Å². The third-order valence-electron chi connectivity index (χ3n) is 5.29. The lowest BCUT2D eigenvalue weighted by molar-refractivity contribution is -0.130. The number of fused-ring (bicyclic) bond motifs is 1. The topological polar surface area (TPSA) is 67.2 Å². The van der Waals surface area contributed by atoms with Crippen molar-refractivity contribution in [3.63, 3.8) is 0 Å². The second-order valence-corrected chi connectivity index (χ2v) is 8.32. The molecule has 0 radical (unpaired) electrons. The van der Waals surface area contributed by atoms with Crippen LogP contribution in [0.3, 0.4) is 0 Å². The fourth-order valence-corrected chi connectivity index (χ4v) is 3.57. The number of hydrogen-bond donors (Lipinski definition) is 1. The third kappa shape index (κ3) is 4.15. The summed E-state index contributed by atoms with van der Waals surface area (Å²) >= 11 is 0. The van der Waals surface area contributed by atoms with E-state index in [9.17, 15) is 9.59 Å².